The van der Waals surface area contributed by atoms with Gasteiger partial charge in [-0.05, 0) is 35.4 Å². The Morgan fingerprint density at radius 2 is 1.88 bits per heavy atom. The summed E-state index contributed by atoms with van der Waals surface area (Å²) < 4.78 is 5.12. The third-order valence-corrected chi connectivity index (χ3v) is 2.57. The molecule has 0 amide bonds. The molecule has 0 saturated carbocycles. The van der Waals surface area contributed by atoms with Gasteiger partial charge in [-0.3, -0.25) is 5.41 Å². The average molecular weight is 229 g/mol. The largest absolute Gasteiger partial charge is 0.508 e. The van der Waals surface area contributed by atoms with Crippen LogP contribution in [-0.4, -0.2) is 17.6 Å². The molecule has 0 spiro atoms. The third-order valence-electron chi connectivity index (χ3n) is 2.57. The van der Waals surface area contributed by atoms with Crippen LogP contribution in [0.25, 0.3) is 10.8 Å². The van der Waals surface area contributed by atoms with Gasteiger partial charge in [-0.2, -0.15) is 0 Å². The lowest BCUT2D eigenvalue weighted by Crippen LogP contribution is -2.06. The predicted octanol–water partition coefficient (Wildman–Crippen LogP) is 3.10. The van der Waals surface area contributed by atoms with E-state index in [9.17, 15) is 5.11 Å². The zero-order valence-electron chi connectivity index (χ0n) is 9.73. The van der Waals surface area contributed by atoms with Crippen LogP contribution in [0, 0.1) is 5.41 Å². The number of phenols is 1. The van der Waals surface area contributed by atoms with E-state index in [0.717, 1.165) is 16.3 Å². The molecule has 0 unspecified atom stereocenters. The quantitative estimate of drug-likeness (QED) is 0.627. The van der Waals surface area contributed by atoms with Crippen molar-refractivity contribution in [2.45, 2.75) is 13.3 Å². The molecular weight excluding hydrogens is 214 g/mol. The van der Waals surface area contributed by atoms with Gasteiger partial charge in [-0.15, -0.1) is 0 Å². The van der Waals surface area contributed by atoms with E-state index in [1.165, 1.54) is 0 Å². The Labute approximate surface area is 100 Å². The van der Waals surface area contributed by atoms with E-state index >= 15 is 0 Å². The van der Waals surface area contributed by atoms with E-state index in [4.69, 9.17) is 10.1 Å². The van der Waals surface area contributed by atoms with E-state index in [2.05, 4.69) is 0 Å². The first-order valence-corrected chi connectivity index (χ1v) is 5.61. The van der Waals surface area contributed by atoms with Crippen LogP contribution in [-0.2, 0) is 11.2 Å². The normalized spacial score (nSPS) is 10.4. The topological polar surface area (TPSA) is 53.3 Å². The number of benzene rings is 2. The van der Waals surface area contributed by atoms with Gasteiger partial charge in [0.1, 0.15) is 5.75 Å². The van der Waals surface area contributed by atoms with E-state index in [1.807, 2.05) is 31.2 Å². The summed E-state index contributed by atoms with van der Waals surface area (Å²) in [5.41, 5.74) is 1.04. The Morgan fingerprint density at radius 1 is 1.18 bits per heavy atom. The Bertz CT molecular complexity index is 549. The SMILES string of the molecule is CCOC(=N)Cc1ccc2cc(O)ccc2c1. The summed E-state index contributed by atoms with van der Waals surface area (Å²) >= 11 is 0. The fourth-order valence-electron chi connectivity index (χ4n) is 1.80. The molecule has 3 heteroatoms. The fourth-order valence-corrected chi connectivity index (χ4v) is 1.80. The van der Waals surface area contributed by atoms with Crippen molar-refractivity contribution in [1.29, 1.82) is 5.41 Å². The van der Waals surface area contributed by atoms with Gasteiger partial charge in [0.2, 0.25) is 0 Å². The average Bonchev–Trinajstić information content (AvgIpc) is 2.29. The molecule has 0 fully saturated rings. The molecule has 0 heterocycles. The summed E-state index contributed by atoms with van der Waals surface area (Å²) in [5.74, 6) is 0.554. The Hall–Kier alpha value is -2.03. The first-order valence-electron chi connectivity index (χ1n) is 5.61. The maximum absolute atomic E-state index is 9.36. The summed E-state index contributed by atoms with van der Waals surface area (Å²) in [6, 6.07) is 11.2. The highest BCUT2D eigenvalue weighted by Crippen LogP contribution is 2.21. The highest BCUT2D eigenvalue weighted by atomic mass is 16.5. The van der Waals surface area contributed by atoms with Crippen LogP contribution in [0.5, 0.6) is 5.75 Å². The molecule has 2 aromatic rings. The summed E-state index contributed by atoms with van der Waals surface area (Å²) in [5, 5.41) is 19.0. The van der Waals surface area contributed by atoms with Gasteiger partial charge in [0.25, 0.3) is 0 Å². The van der Waals surface area contributed by atoms with E-state index in [0.29, 0.717) is 13.0 Å². The van der Waals surface area contributed by atoms with Crippen LogP contribution in [0.1, 0.15) is 12.5 Å². The van der Waals surface area contributed by atoms with Crippen LogP contribution in [0.2, 0.25) is 0 Å². The summed E-state index contributed by atoms with van der Waals surface area (Å²) in [6.45, 7) is 2.40. The Morgan fingerprint density at radius 3 is 2.65 bits per heavy atom. The van der Waals surface area contributed by atoms with E-state index in [1.54, 1.807) is 12.1 Å². The number of hydrogen-bond acceptors (Lipinski definition) is 3. The van der Waals surface area contributed by atoms with Gasteiger partial charge in [0.05, 0.1) is 6.61 Å². The number of phenolic OH excluding ortho intramolecular Hbond substituents is 1. The Kier molecular flexibility index (Phi) is 3.28. The van der Waals surface area contributed by atoms with Crippen molar-refractivity contribution >= 4 is 16.7 Å². The molecule has 0 atom stereocenters. The van der Waals surface area contributed by atoms with Crippen molar-refractivity contribution in [2.24, 2.45) is 0 Å². The number of hydrogen-bond donors (Lipinski definition) is 2. The number of fused-ring (bicyclic) bond motifs is 1. The highest BCUT2D eigenvalue weighted by molar-refractivity contribution is 5.85. The molecule has 17 heavy (non-hydrogen) atoms. The second kappa shape index (κ2) is 4.87. The minimum absolute atomic E-state index is 0.271. The first kappa shape index (κ1) is 11.5. The standard InChI is InChI=1S/C14H15NO2/c1-2-17-14(15)8-10-3-4-12-9-13(16)6-5-11(12)7-10/h3-7,9,15-16H,2,8H2,1H3. The maximum atomic E-state index is 9.36. The van der Waals surface area contributed by atoms with E-state index < -0.39 is 0 Å². The molecule has 88 valence electrons. The molecule has 2 N–H and O–H groups in total. The molecule has 2 aromatic carbocycles. The van der Waals surface area contributed by atoms with Gasteiger partial charge in [-0.1, -0.05) is 24.3 Å². The highest BCUT2D eigenvalue weighted by Gasteiger charge is 2.02. The van der Waals surface area contributed by atoms with Crippen molar-refractivity contribution in [1.82, 2.24) is 0 Å². The van der Waals surface area contributed by atoms with Gasteiger partial charge in [0.15, 0.2) is 5.90 Å². The monoisotopic (exact) mass is 229 g/mol. The molecule has 0 aromatic heterocycles. The van der Waals surface area contributed by atoms with Crippen LogP contribution in [0.15, 0.2) is 36.4 Å². The van der Waals surface area contributed by atoms with Crippen LogP contribution >= 0.6 is 0 Å². The van der Waals surface area contributed by atoms with Gasteiger partial charge >= 0.3 is 0 Å². The third kappa shape index (κ3) is 2.75. The van der Waals surface area contributed by atoms with Crippen molar-refractivity contribution in [3.63, 3.8) is 0 Å². The smallest absolute Gasteiger partial charge is 0.184 e. The molecule has 0 aliphatic carbocycles. The van der Waals surface area contributed by atoms with Crippen LogP contribution in [0.4, 0.5) is 0 Å². The van der Waals surface area contributed by atoms with E-state index in [-0.39, 0.29) is 11.6 Å². The maximum Gasteiger partial charge on any atom is 0.184 e. The fraction of sp³-hybridized carbons (Fsp3) is 0.214. The second-order valence-electron chi connectivity index (χ2n) is 3.90. The van der Waals surface area contributed by atoms with Crippen molar-refractivity contribution in [2.75, 3.05) is 6.61 Å². The van der Waals surface area contributed by atoms with Gasteiger partial charge < -0.3 is 9.84 Å². The number of nitrogens with one attached hydrogen (secondary N) is 1. The van der Waals surface area contributed by atoms with Crippen LogP contribution < -0.4 is 0 Å². The van der Waals surface area contributed by atoms with Crippen LogP contribution in [0.3, 0.4) is 0 Å². The minimum atomic E-state index is 0.271. The first-order chi connectivity index (χ1) is 8.19. The molecule has 3 nitrogen and oxygen atoms in total. The summed E-state index contributed by atoms with van der Waals surface area (Å²) in [4.78, 5) is 0. The lowest BCUT2D eigenvalue weighted by atomic mass is 10.0. The molecule has 0 aliphatic rings. The zero-order chi connectivity index (χ0) is 12.3. The van der Waals surface area contributed by atoms with Crippen molar-refractivity contribution < 1.29 is 9.84 Å². The van der Waals surface area contributed by atoms with Crippen molar-refractivity contribution in [3.8, 4) is 5.75 Å². The second-order valence-corrected chi connectivity index (χ2v) is 3.90. The van der Waals surface area contributed by atoms with Crippen molar-refractivity contribution in [3.05, 3.63) is 42.0 Å². The molecule has 2 rings (SSSR count). The molecule has 0 saturated heterocycles. The summed E-state index contributed by atoms with van der Waals surface area (Å²) in [6.07, 6.45) is 0.505. The molecule has 0 radical (unpaired) electrons. The van der Waals surface area contributed by atoms with Gasteiger partial charge in [0, 0.05) is 6.42 Å². The molecular formula is C14H15NO2. The number of aromatic hydroxyl groups is 1. The Balaban J connectivity index is 2.26. The predicted molar refractivity (Wildman–Crippen MR) is 68.7 cm³/mol. The lowest BCUT2D eigenvalue weighted by Gasteiger charge is -2.06. The zero-order valence-corrected chi connectivity index (χ0v) is 9.73. The number of ether oxygens (including phenoxy) is 1. The number of rotatable bonds is 3. The molecule has 0 bridgehead atoms. The summed E-state index contributed by atoms with van der Waals surface area (Å²) in [7, 11) is 0. The lowest BCUT2D eigenvalue weighted by molar-refractivity contribution is 0.317. The van der Waals surface area contributed by atoms with Gasteiger partial charge in [-0.25, -0.2) is 0 Å². The minimum Gasteiger partial charge on any atom is -0.508 e. The molecule has 0 aliphatic heterocycles.